The van der Waals surface area contributed by atoms with Gasteiger partial charge in [-0.2, -0.15) is 0 Å². The molecule has 0 rings (SSSR count). The summed E-state index contributed by atoms with van der Waals surface area (Å²) in [6, 6.07) is 0. The van der Waals surface area contributed by atoms with Gasteiger partial charge in [-0.3, -0.25) is 9.59 Å². The molecule has 0 aromatic carbocycles. The number of carboxylic acids is 1. The van der Waals surface area contributed by atoms with Crippen LogP contribution in [0.1, 0.15) is 142 Å². The predicted octanol–water partition coefficient (Wildman–Crippen LogP) is 8.94. The fourth-order valence-corrected chi connectivity index (χ4v) is 3.92. The highest BCUT2D eigenvalue weighted by Gasteiger charge is 2.14. The van der Waals surface area contributed by atoms with Gasteiger partial charge in [0.05, 0.1) is 0 Å². The van der Waals surface area contributed by atoms with E-state index in [1.807, 2.05) is 0 Å². The maximum Gasteiger partial charge on any atom is 0.306 e. The molecule has 0 aliphatic rings. The van der Waals surface area contributed by atoms with Crippen molar-refractivity contribution in [1.82, 2.24) is 0 Å². The van der Waals surface area contributed by atoms with Gasteiger partial charge in [-0.15, -0.1) is 0 Å². The molecule has 0 aliphatic carbocycles. The third kappa shape index (κ3) is 24.9. The molecule has 0 amide bonds. The molecule has 0 heterocycles. The second-order valence-electron chi connectivity index (χ2n) is 9.23. The number of rotatable bonds is 24. The fraction of sp³-hybridized carbons (Fsp3) is 0.793. The maximum atomic E-state index is 12.0. The lowest BCUT2D eigenvalue weighted by Crippen LogP contribution is -2.18. The number of carbonyl (C=O) groups is 2. The van der Waals surface area contributed by atoms with Crippen molar-refractivity contribution in [2.24, 2.45) is 0 Å². The second-order valence-corrected chi connectivity index (χ2v) is 9.23. The van der Waals surface area contributed by atoms with Gasteiger partial charge in [-0.1, -0.05) is 95.9 Å². The third-order valence-electron chi connectivity index (χ3n) is 5.91. The standard InChI is InChI=1S/C29H52O4/c1-3-5-6-7-8-9-10-11-12-13-14-15-16-17-18-19-20-21-26-29(32)33-27(23-4-2)24-22-25-28(30)31/h9-10,12-13,27H,3-8,11,14-26H2,1-2H3,(H,30,31)/b10-9-,13-12-. The number of hydrogen-bond acceptors (Lipinski definition) is 3. The molecule has 33 heavy (non-hydrogen) atoms. The first kappa shape index (κ1) is 31.4. The van der Waals surface area contributed by atoms with Crippen LogP contribution in [-0.2, 0) is 14.3 Å². The van der Waals surface area contributed by atoms with Crippen molar-refractivity contribution in [1.29, 1.82) is 0 Å². The molecule has 1 atom stereocenters. The minimum Gasteiger partial charge on any atom is -0.481 e. The van der Waals surface area contributed by atoms with Gasteiger partial charge < -0.3 is 9.84 Å². The number of carbonyl (C=O) groups excluding carboxylic acids is 1. The van der Waals surface area contributed by atoms with Gasteiger partial charge in [0.1, 0.15) is 6.10 Å². The molecule has 1 unspecified atom stereocenters. The summed E-state index contributed by atoms with van der Waals surface area (Å²) in [7, 11) is 0. The minimum atomic E-state index is -0.788. The Labute approximate surface area is 204 Å². The van der Waals surface area contributed by atoms with Crippen LogP contribution in [0.3, 0.4) is 0 Å². The lowest BCUT2D eigenvalue weighted by Gasteiger charge is -2.17. The van der Waals surface area contributed by atoms with Crippen LogP contribution >= 0.6 is 0 Å². The zero-order valence-electron chi connectivity index (χ0n) is 21.7. The molecule has 4 nitrogen and oxygen atoms in total. The Morgan fingerprint density at radius 3 is 1.82 bits per heavy atom. The number of ether oxygens (including phenoxy) is 1. The van der Waals surface area contributed by atoms with E-state index in [9.17, 15) is 9.59 Å². The first-order valence-corrected chi connectivity index (χ1v) is 13.8. The fourth-order valence-electron chi connectivity index (χ4n) is 3.92. The van der Waals surface area contributed by atoms with Crippen molar-refractivity contribution in [2.45, 2.75) is 148 Å². The molecule has 192 valence electrons. The SMILES string of the molecule is CCCCCC/C=C\C/C=C\CCCCCCCCCC(=O)OC(CCC)CCCC(=O)O. The summed E-state index contributed by atoms with van der Waals surface area (Å²) in [6.45, 7) is 4.31. The van der Waals surface area contributed by atoms with Gasteiger partial charge in [0.25, 0.3) is 0 Å². The number of hydrogen-bond donors (Lipinski definition) is 1. The molecule has 0 bridgehead atoms. The van der Waals surface area contributed by atoms with Crippen LogP contribution in [0.5, 0.6) is 0 Å². The highest BCUT2D eigenvalue weighted by Crippen LogP contribution is 2.14. The quantitative estimate of drug-likeness (QED) is 0.0879. The van der Waals surface area contributed by atoms with E-state index < -0.39 is 5.97 Å². The molecule has 1 N–H and O–H groups in total. The van der Waals surface area contributed by atoms with E-state index in [1.165, 1.54) is 70.6 Å². The normalized spacial score (nSPS) is 12.5. The van der Waals surface area contributed by atoms with Crippen molar-refractivity contribution in [3.8, 4) is 0 Å². The second kappa shape index (κ2) is 25.1. The van der Waals surface area contributed by atoms with Crippen molar-refractivity contribution < 1.29 is 19.4 Å². The topological polar surface area (TPSA) is 63.6 Å². The van der Waals surface area contributed by atoms with Crippen molar-refractivity contribution in [2.75, 3.05) is 0 Å². The number of allylic oxidation sites excluding steroid dienone is 4. The van der Waals surface area contributed by atoms with E-state index in [0.29, 0.717) is 19.3 Å². The number of aliphatic carboxylic acids is 1. The van der Waals surface area contributed by atoms with Gasteiger partial charge >= 0.3 is 11.9 Å². The maximum absolute atomic E-state index is 12.0. The zero-order valence-corrected chi connectivity index (χ0v) is 21.7. The van der Waals surface area contributed by atoms with Gasteiger partial charge in [-0.05, 0) is 57.8 Å². The van der Waals surface area contributed by atoms with Gasteiger partial charge in [-0.25, -0.2) is 0 Å². The Morgan fingerprint density at radius 1 is 0.667 bits per heavy atom. The molecule has 0 fully saturated rings. The highest BCUT2D eigenvalue weighted by molar-refractivity contribution is 5.69. The van der Waals surface area contributed by atoms with Crippen molar-refractivity contribution in [3.05, 3.63) is 24.3 Å². The summed E-state index contributed by atoms with van der Waals surface area (Å²) in [4.78, 5) is 22.7. The highest BCUT2D eigenvalue weighted by atomic mass is 16.5. The van der Waals surface area contributed by atoms with E-state index in [4.69, 9.17) is 9.84 Å². The zero-order chi connectivity index (χ0) is 24.4. The Bertz CT molecular complexity index is 510. The Kier molecular flexibility index (Phi) is 23.9. The smallest absolute Gasteiger partial charge is 0.306 e. The molecule has 0 aromatic heterocycles. The van der Waals surface area contributed by atoms with Crippen LogP contribution in [0.25, 0.3) is 0 Å². The largest absolute Gasteiger partial charge is 0.481 e. The molecule has 4 heteroatoms. The Hall–Kier alpha value is -1.58. The summed E-state index contributed by atoms with van der Waals surface area (Å²) in [6.07, 6.45) is 29.8. The molecule has 0 saturated carbocycles. The molecule has 0 aromatic rings. The van der Waals surface area contributed by atoms with Crippen LogP contribution in [0.4, 0.5) is 0 Å². The molecule has 0 aliphatic heterocycles. The Morgan fingerprint density at radius 2 is 1.24 bits per heavy atom. The predicted molar refractivity (Wildman–Crippen MR) is 139 cm³/mol. The van der Waals surface area contributed by atoms with Gasteiger partial charge in [0.15, 0.2) is 0 Å². The van der Waals surface area contributed by atoms with E-state index in [2.05, 4.69) is 38.2 Å². The number of esters is 1. The molecule has 0 saturated heterocycles. The van der Waals surface area contributed by atoms with Crippen molar-refractivity contribution >= 4 is 11.9 Å². The lowest BCUT2D eigenvalue weighted by atomic mass is 10.1. The van der Waals surface area contributed by atoms with Gasteiger partial charge in [0, 0.05) is 12.8 Å². The van der Waals surface area contributed by atoms with Crippen LogP contribution in [-0.4, -0.2) is 23.1 Å². The lowest BCUT2D eigenvalue weighted by molar-refractivity contribution is -0.150. The molecular formula is C29H52O4. The molecular weight excluding hydrogens is 412 g/mol. The first-order valence-electron chi connectivity index (χ1n) is 13.8. The van der Waals surface area contributed by atoms with E-state index in [-0.39, 0.29) is 18.5 Å². The average molecular weight is 465 g/mol. The summed E-state index contributed by atoms with van der Waals surface area (Å²) < 4.78 is 5.56. The van der Waals surface area contributed by atoms with E-state index >= 15 is 0 Å². The van der Waals surface area contributed by atoms with Gasteiger partial charge in [0.2, 0.25) is 0 Å². The number of unbranched alkanes of at least 4 members (excludes halogenated alkanes) is 11. The number of carboxylic acid groups (broad SMARTS) is 1. The van der Waals surface area contributed by atoms with Crippen LogP contribution in [0, 0.1) is 0 Å². The Balaban J connectivity index is 3.52. The van der Waals surface area contributed by atoms with Crippen LogP contribution in [0.15, 0.2) is 24.3 Å². The molecule has 0 spiro atoms. The first-order chi connectivity index (χ1) is 16.1. The average Bonchev–Trinajstić information content (AvgIpc) is 2.78. The van der Waals surface area contributed by atoms with Crippen LogP contribution in [0.2, 0.25) is 0 Å². The van der Waals surface area contributed by atoms with E-state index in [0.717, 1.165) is 32.1 Å². The third-order valence-corrected chi connectivity index (χ3v) is 5.91. The van der Waals surface area contributed by atoms with E-state index in [1.54, 1.807) is 0 Å². The summed E-state index contributed by atoms with van der Waals surface area (Å²) >= 11 is 0. The summed E-state index contributed by atoms with van der Waals surface area (Å²) in [5.74, 6) is -0.911. The summed E-state index contributed by atoms with van der Waals surface area (Å²) in [5, 5.41) is 8.75. The van der Waals surface area contributed by atoms with Crippen LogP contribution < -0.4 is 0 Å². The molecule has 0 radical (unpaired) electrons. The summed E-state index contributed by atoms with van der Waals surface area (Å²) in [5.41, 5.74) is 0. The monoisotopic (exact) mass is 464 g/mol. The van der Waals surface area contributed by atoms with Crippen molar-refractivity contribution in [3.63, 3.8) is 0 Å². The minimum absolute atomic E-state index is 0.123.